The number of methoxy groups -OCH3 is 2. The molecule has 2 aromatic rings. The highest BCUT2D eigenvalue weighted by Crippen LogP contribution is 2.30. The van der Waals surface area contributed by atoms with Gasteiger partial charge in [0.05, 0.1) is 31.7 Å². The van der Waals surface area contributed by atoms with Gasteiger partial charge < -0.3 is 14.5 Å². The summed E-state index contributed by atoms with van der Waals surface area (Å²) in [6, 6.07) is 3.43. The van der Waals surface area contributed by atoms with Crippen molar-refractivity contribution in [2.45, 2.75) is 26.3 Å². The average Bonchev–Trinajstić information content (AvgIpc) is 2.53. The molecule has 1 aromatic carbocycles. The van der Waals surface area contributed by atoms with Crippen LogP contribution in [0.4, 0.5) is 0 Å². The minimum Gasteiger partial charge on any atom is -0.493 e. The molecule has 1 N–H and O–H groups in total. The summed E-state index contributed by atoms with van der Waals surface area (Å²) in [5.41, 5.74) is 0.488. The number of benzene rings is 1. The Morgan fingerprint density at radius 1 is 1.30 bits per heavy atom. The van der Waals surface area contributed by atoms with Gasteiger partial charge in [-0.25, -0.2) is 4.98 Å². The van der Waals surface area contributed by atoms with Gasteiger partial charge in [0.1, 0.15) is 5.82 Å². The Kier molecular flexibility index (Phi) is 4.52. The molecule has 0 saturated carbocycles. The van der Waals surface area contributed by atoms with Gasteiger partial charge in [-0.05, 0) is 31.4 Å². The lowest BCUT2D eigenvalue weighted by molar-refractivity contribution is 0.173. The molecule has 1 unspecified atom stereocenters. The van der Waals surface area contributed by atoms with Crippen molar-refractivity contribution in [3.8, 4) is 11.5 Å². The number of nitrogens with zero attached hydrogens (tertiary/aromatic N) is 2. The van der Waals surface area contributed by atoms with Crippen molar-refractivity contribution in [2.75, 3.05) is 27.3 Å². The summed E-state index contributed by atoms with van der Waals surface area (Å²) >= 11 is 0. The predicted molar refractivity (Wildman–Crippen MR) is 89.1 cm³/mol. The van der Waals surface area contributed by atoms with Crippen LogP contribution >= 0.6 is 0 Å². The van der Waals surface area contributed by atoms with E-state index < -0.39 is 0 Å². The van der Waals surface area contributed by atoms with Gasteiger partial charge in [-0.2, -0.15) is 0 Å². The molecular weight excluding hydrogens is 294 g/mol. The van der Waals surface area contributed by atoms with E-state index >= 15 is 0 Å². The molecule has 1 fully saturated rings. The Balaban J connectivity index is 1.95. The maximum atomic E-state index is 12.4. The Labute approximate surface area is 135 Å². The Hall–Kier alpha value is -2.08. The van der Waals surface area contributed by atoms with E-state index in [1.807, 2.05) is 0 Å². The first-order valence-corrected chi connectivity index (χ1v) is 7.98. The molecular formula is C17H23N3O3. The van der Waals surface area contributed by atoms with Gasteiger partial charge in [-0.1, -0.05) is 6.92 Å². The molecule has 0 bridgehead atoms. The number of hydrogen-bond donors (Lipinski definition) is 1. The quantitative estimate of drug-likeness (QED) is 0.936. The summed E-state index contributed by atoms with van der Waals surface area (Å²) in [5.74, 6) is 2.50. The van der Waals surface area contributed by atoms with Gasteiger partial charge >= 0.3 is 0 Å². The summed E-state index contributed by atoms with van der Waals surface area (Å²) < 4.78 is 10.5. The largest absolute Gasteiger partial charge is 0.493 e. The molecule has 3 rings (SSSR count). The molecule has 0 amide bonds. The van der Waals surface area contributed by atoms with Gasteiger partial charge in [-0.3, -0.25) is 9.69 Å². The molecule has 1 atom stereocenters. The smallest absolute Gasteiger partial charge is 0.258 e. The summed E-state index contributed by atoms with van der Waals surface area (Å²) in [6.45, 7) is 5.04. The van der Waals surface area contributed by atoms with Crippen molar-refractivity contribution < 1.29 is 9.47 Å². The molecule has 1 saturated heterocycles. The number of H-pyrrole nitrogens is 1. The fourth-order valence-corrected chi connectivity index (χ4v) is 3.23. The Morgan fingerprint density at radius 3 is 2.74 bits per heavy atom. The minimum absolute atomic E-state index is 0.143. The molecule has 1 aromatic heterocycles. The minimum atomic E-state index is -0.143. The van der Waals surface area contributed by atoms with Crippen LogP contribution in [-0.4, -0.2) is 42.2 Å². The molecule has 0 aliphatic carbocycles. The van der Waals surface area contributed by atoms with E-state index in [2.05, 4.69) is 21.8 Å². The number of likely N-dealkylation sites (tertiary alicyclic amines) is 1. The molecule has 124 valence electrons. The normalized spacial score (nSPS) is 19.0. The third kappa shape index (κ3) is 3.32. The van der Waals surface area contributed by atoms with Crippen LogP contribution in [0.15, 0.2) is 16.9 Å². The van der Waals surface area contributed by atoms with Gasteiger partial charge in [0, 0.05) is 12.6 Å². The predicted octanol–water partition coefficient (Wildman–Crippen LogP) is 2.17. The summed E-state index contributed by atoms with van der Waals surface area (Å²) in [7, 11) is 3.13. The van der Waals surface area contributed by atoms with Crippen LogP contribution in [-0.2, 0) is 6.54 Å². The third-order valence-corrected chi connectivity index (χ3v) is 4.37. The molecule has 23 heavy (non-hydrogen) atoms. The number of aromatic nitrogens is 2. The summed E-state index contributed by atoms with van der Waals surface area (Å²) in [5, 5.41) is 0.512. The number of rotatable bonds is 4. The zero-order valence-corrected chi connectivity index (χ0v) is 13.9. The first-order valence-electron chi connectivity index (χ1n) is 7.98. The molecule has 6 heteroatoms. The lowest BCUT2D eigenvalue weighted by atomic mass is 10.0. The Bertz CT molecular complexity index is 757. The van der Waals surface area contributed by atoms with E-state index in [-0.39, 0.29) is 5.56 Å². The molecule has 0 radical (unpaired) electrons. The number of fused-ring (bicyclic) bond motifs is 1. The van der Waals surface area contributed by atoms with E-state index in [9.17, 15) is 4.79 Å². The third-order valence-electron chi connectivity index (χ3n) is 4.37. The topological polar surface area (TPSA) is 67.5 Å². The van der Waals surface area contributed by atoms with E-state index in [0.717, 1.165) is 13.1 Å². The van der Waals surface area contributed by atoms with Crippen LogP contribution in [0.1, 0.15) is 25.6 Å². The monoisotopic (exact) mass is 317 g/mol. The van der Waals surface area contributed by atoms with Gasteiger partial charge in [0.25, 0.3) is 5.56 Å². The van der Waals surface area contributed by atoms with Crippen LogP contribution < -0.4 is 15.0 Å². The van der Waals surface area contributed by atoms with Crippen LogP contribution in [0.5, 0.6) is 11.5 Å². The highest BCUT2D eigenvalue weighted by Gasteiger charge is 2.18. The zero-order chi connectivity index (χ0) is 16.4. The van der Waals surface area contributed by atoms with Crippen molar-refractivity contribution in [1.29, 1.82) is 0 Å². The first-order chi connectivity index (χ1) is 11.1. The lowest BCUT2D eigenvalue weighted by Gasteiger charge is -2.30. The van der Waals surface area contributed by atoms with E-state index in [1.165, 1.54) is 12.8 Å². The van der Waals surface area contributed by atoms with E-state index in [4.69, 9.17) is 9.47 Å². The van der Waals surface area contributed by atoms with Crippen molar-refractivity contribution in [1.82, 2.24) is 14.9 Å². The average molecular weight is 317 g/mol. The molecule has 0 spiro atoms. The number of aromatic amines is 1. The van der Waals surface area contributed by atoms with Crippen molar-refractivity contribution in [3.05, 3.63) is 28.3 Å². The van der Waals surface area contributed by atoms with E-state index in [1.54, 1.807) is 26.4 Å². The van der Waals surface area contributed by atoms with Crippen LogP contribution in [0, 0.1) is 5.92 Å². The van der Waals surface area contributed by atoms with Crippen molar-refractivity contribution in [3.63, 3.8) is 0 Å². The maximum absolute atomic E-state index is 12.4. The van der Waals surface area contributed by atoms with Crippen molar-refractivity contribution in [2.24, 2.45) is 5.92 Å². The number of ether oxygens (including phenoxy) is 2. The molecule has 1 aliphatic heterocycles. The standard InChI is InChI=1S/C17H23N3O3/c1-11-5-4-6-20(9-11)10-16-18-13-8-15(23-3)14(22-2)7-12(13)17(21)19-16/h7-8,11H,4-6,9-10H2,1-3H3,(H,18,19,21). The van der Waals surface area contributed by atoms with E-state index in [0.29, 0.717) is 40.7 Å². The molecule has 1 aliphatic rings. The van der Waals surface area contributed by atoms with Gasteiger partial charge in [0.15, 0.2) is 11.5 Å². The first kappa shape index (κ1) is 15.8. The number of nitrogens with one attached hydrogen (secondary N) is 1. The maximum Gasteiger partial charge on any atom is 0.258 e. The SMILES string of the molecule is COc1cc2nc(CN3CCCC(C)C3)[nH]c(=O)c2cc1OC. The second-order valence-corrected chi connectivity index (χ2v) is 6.22. The second-order valence-electron chi connectivity index (χ2n) is 6.22. The number of piperidine rings is 1. The lowest BCUT2D eigenvalue weighted by Crippen LogP contribution is -2.34. The second kappa shape index (κ2) is 6.58. The Morgan fingerprint density at radius 2 is 2.04 bits per heavy atom. The van der Waals surface area contributed by atoms with Gasteiger partial charge in [-0.15, -0.1) is 0 Å². The van der Waals surface area contributed by atoms with Crippen LogP contribution in [0.2, 0.25) is 0 Å². The molecule has 2 heterocycles. The van der Waals surface area contributed by atoms with Crippen LogP contribution in [0.3, 0.4) is 0 Å². The zero-order valence-electron chi connectivity index (χ0n) is 13.9. The summed E-state index contributed by atoms with van der Waals surface area (Å²) in [4.78, 5) is 22.2. The fourth-order valence-electron chi connectivity index (χ4n) is 3.23. The highest BCUT2D eigenvalue weighted by molar-refractivity contribution is 5.81. The fraction of sp³-hybridized carbons (Fsp3) is 0.529. The van der Waals surface area contributed by atoms with Crippen molar-refractivity contribution >= 4 is 10.9 Å². The highest BCUT2D eigenvalue weighted by atomic mass is 16.5. The van der Waals surface area contributed by atoms with Crippen LogP contribution in [0.25, 0.3) is 10.9 Å². The number of hydrogen-bond acceptors (Lipinski definition) is 5. The molecule has 6 nitrogen and oxygen atoms in total. The van der Waals surface area contributed by atoms with Gasteiger partial charge in [0.2, 0.25) is 0 Å². The summed E-state index contributed by atoms with van der Waals surface area (Å²) in [6.07, 6.45) is 2.47.